The first-order valence-electron chi connectivity index (χ1n) is 18.3. The summed E-state index contributed by atoms with van der Waals surface area (Å²) < 4.78 is 0. The van der Waals surface area contributed by atoms with Gasteiger partial charge in [0, 0.05) is 0 Å². The maximum absolute atomic E-state index is 3.11. The predicted molar refractivity (Wildman–Crippen MR) is 219 cm³/mol. The van der Waals surface area contributed by atoms with Crippen LogP contribution in [0.4, 0.5) is 0 Å². The highest BCUT2D eigenvalue weighted by Gasteiger charge is 2.26. The van der Waals surface area contributed by atoms with Gasteiger partial charge in [0.25, 0.3) is 0 Å². The molecule has 0 heterocycles. The monoisotopic (exact) mass is 642 g/mol. The number of hydrogen-bond acceptors (Lipinski definition) is 1. The Morgan fingerprint density at radius 2 is 1.13 bits per heavy atom. The van der Waals surface area contributed by atoms with E-state index in [4.69, 9.17) is 0 Å². The SMILES string of the molecule is CC.CC/C(C)=C(/C=C/C(C)=C/C=C/C(C)=C/C=C/C=C(C)/C=C/C=C(C)/C=C/C1=C(C)CCCC1(C)C)C(C)(C)C.CCNCC. The second-order valence-electron chi connectivity index (χ2n) is 14.1. The topological polar surface area (TPSA) is 12.0 Å². The van der Waals surface area contributed by atoms with Gasteiger partial charge in [-0.2, -0.15) is 0 Å². The fourth-order valence-electron chi connectivity index (χ4n) is 5.25. The third-order valence-corrected chi connectivity index (χ3v) is 8.13. The molecular formula is C46H75N. The Morgan fingerprint density at radius 3 is 1.53 bits per heavy atom. The Morgan fingerprint density at radius 1 is 0.681 bits per heavy atom. The van der Waals surface area contributed by atoms with Gasteiger partial charge >= 0.3 is 0 Å². The van der Waals surface area contributed by atoms with Gasteiger partial charge in [-0.1, -0.05) is 188 Å². The second-order valence-corrected chi connectivity index (χ2v) is 14.1. The van der Waals surface area contributed by atoms with E-state index in [1.165, 1.54) is 58.3 Å². The summed E-state index contributed by atoms with van der Waals surface area (Å²) >= 11 is 0. The zero-order valence-corrected chi connectivity index (χ0v) is 33.8. The summed E-state index contributed by atoms with van der Waals surface area (Å²) in [6, 6.07) is 0. The summed E-state index contributed by atoms with van der Waals surface area (Å²) in [4.78, 5) is 0. The van der Waals surface area contributed by atoms with Gasteiger partial charge in [-0.15, -0.1) is 0 Å². The molecule has 1 aliphatic carbocycles. The van der Waals surface area contributed by atoms with Crippen molar-refractivity contribution in [2.24, 2.45) is 10.8 Å². The molecule has 0 aliphatic heterocycles. The number of allylic oxidation sites excluding steroid dienone is 22. The molecule has 1 N–H and O–H groups in total. The van der Waals surface area contributed by atoms with Crippen molar-refractivity contribution >= 4 is 0 Å². The minimum atomic E-state index is 0.164. The van der Waals surface area contributed by atoms with Crippen LogP contribution in [0.2, 0.25) is 0 Å². The van der Waals surface area contributed by atoms with Gasteiger partial charge in [-0.3, -0.25) is 0 Å². The first-order valence-corrected chi connectivity index (χ1v) is 18.3. The summed E-state index contributed by atoms with van der Waals surface area (Å²) in [7, 11) is 0. The zero-order chi connectivity index (χ0) is 36.5. The predicted octanol–water partition coefficient (Wildman–Crippen LogP) is 14.5. The van der Waals surface area contributed by atoms with Crippen LogP contribution in [-0.2, 0) is 0 Å². The van der Waals surface area contributed by atoms with Crippen LogP contribution in [0.3, 0.4) is 0 Å². The van der Waals surface area contributed by atoms with Crippen LogP contribution in [0.15, 0.2) is 130 Å². The molecule has 0 aromatic carbocycles. The highest BCUT2D eigenvalue weighted by Crippen LogP contribution is 2.40. The second kappa shape index (κ2) is 26.1. The molecule has 0 aromatic heterocycles. The van der Waals surface area contributed by atoms with Gasteiger partial charge in [0.15, 0.2) is 0 Å². The van der Waals surface area contributed by atoms with Gasteiger partial charge < -0.3 is 5.32 Å². The smallest absolute Gasteiger partial charge is 0.00775 e. The van der Waals surface area contributed by atoms with Crippen LogP contribution in [-0.4, -0.2) is 13.1 Å². The average Bonchev–Trinajstić information content (AvgIpc) is 2.99. The van der Waals surface area contributed by atoms with E-state index in [1.54, 1.807) is 5.57 Å². The van der Waals surface area contributed by atoms with E-state index in [-0.39, 0.29) is 10.8 Å². The van der Waals surface area contributed by atoms with Gasteiger partial charge in [-0.25, -0.2) is 0 Å². The summed E-state index contributed by atoms with van der Waals surface area (Å²) in [6.45, 7) is 37.4. The standard InChI is InChI=1S/C40H58.C4H11N.C2H6/c1-13-35(6)37(39(8,9)10)28-26-33(4)23-16-21-31(2)19-14-15-20-32(3)22-17-24-34(5)27-29-38-36(7)25-18-30-40(38,11)12;1-3-5-4-2;1-2/h14-17,19-24,26-29H,13,18,25,30H2,1-12H3;5H,3-4H2,1-2H3;1-2H3/b15-14+,21-16+,22-17+,28-26+,29-27+,31-19+,32-20+,33-23+,34-24+,37-35-;;. The first-order chi connectivity index (χ1) is 22.1. The molecule has 264 valence electrons. The van der Waals surface area contributed by atoms with Gasteiger partial charge in [0.05, 0.1) is 0 Å². The molecule has 0 fully saturated rings. The van der Waals surface area contributed by atoms with E-state index in [0.717, 1.165) is 19.5 Å². The van der Waals surface area contributed by atoms with Gasteiger partial charge in [0.1, 0.15) is 0 Å². The molecule has 1 rings (SSSR count). The third-order valence-electron chi connectivity index (χ3n) is 8.13. The summed E-state index contributed by atoms with van der Waals surface area (Å²) in [5, 5.41) is 3.11. The van der Waals surface area contributed by atoms with Crippen molar-refractivity contribution in [3.05, 3.63) is 130 Å². The van der Waals surface area contributed by atoms with Crippen LogP contribution in [0.1, 0.15) is 136 Å². The van der Waals surface area contributed by atoms with Crippen molar-refractivity contribution in [1.82, 2.24) is 5.32 Å². The highest BCUT2D eigenvalue weighted by atomic mass is 14.8. The highest BCUT2D eigenvalue weighted by molar-refractivity contribution is 5.38. The third kappa shape index (κ3) is 22.3. The van der Waals surface area contributed by atoms with Crippen LogP contribution in [0.25, 0.3) is 0 Å². The number of hydrogen-bond donors (Lipinski definition) is 1. The molecule has 1 aliphatic rings. The Labute approximate surface area is 294 Å². The fraction of sp³-hybridized carbons (Fsp3) is 0.522. The molecule has 0 atom stereocenters. The zero-order valence-electron chi connectivity index (χ0n) is 33.8. The van der Waals surface area contributed by atoms with E-state index in [1.807, 2.05) is 13.8 Å². The fourth-order valence-corrected chi connectivity index (χ4v) is 5.25. The Bertz CT molecular complexity index is 1160. The summed E-state index contributed by atoms with van der Waals surface area (Å²) in [5.41, 5.74) is 11.4. The summed E-state index contributed by atoms with van der Waals surface area (Å²) in [5.74, 6) is 0. The lowest BCUT2D eigenvalue weighted by Gasteiger charge is -2.32. The molecule has 47 heavy (non-hydrogen) atoms. The van der Waals surface area contributed by atoms with Crippen molar-refractivity contribution in [2.45, 2.75) is 136 Å². The molecule has 1 heteroatoms. The molecule has 0 saturated carbocycles. The van der Waals surface area contributed by atoms with E-state index < -0.39 is 0 Å². The molecule has 0 amide bonds. The quantitative estimate of drug-likeness (QED) is 0.197. The Hall–Kier alpha value is -2.90. The molecule has 0 radical (unpaired) electrons. The van der Waals surface area contributed by atoms with Crippen molar-refractivity contribution < 1.29 is 0 Å². The molecule has 0 spiro atoms. The normalized spacial score (nSPS) is 17.5. The number of nitrogens with one attached hydrogen (secondary N) is 1. The first kappa shape index (κ1) is 46.2. The average molecular weight is 642 g/mol. The molecule has 0 saturated heterocycles. The van der Waals surface area contributed by atoms with Crippen LogP contribution in [0, 0.1) is 10.8 Å². The summed E-state index contributed by atoms with van der Waals surface area (Å²) in [6.07, 6.45) is 35.5. The van der Waals surface area contributed by atoms with Crippen LogP contribution < -0.4 is 5.32 Å². The van der Waals surface area contributed by atoms with E-state index >= 15 is 0 Å². The maximum atomic E-state index is 3.11. The van der Waals surface area contributed by atoms with Crippen LogP contribution in [0.5, 0.6) is 0 Å². The number of rotatable bonds is 13. The molecule has 0 aromatic rings. The van der Waals surface area contributed by atoms with E-state index in [0.29, 0.717) is 0 Å². The molecular weight excluding hydrogens is 567 g/mol. The van der Waals surface area contributed by atoms with Crippen molar-refractivity contribution in [3.8, 4) is 0 Å². The maximum Gasteiger partial charge on any atom is -0.00775 e. The Kier molecular flexibility index (Phi) is 25.7. The van der Waals surface area contributed by atoms with Gasteiger partial charge in [0.2, 0.25) is 0 Å². The Balaban J connectivity index is 0. The molecule has 1 nitrogen and oxygen atoms in total. The largest absolute Gasteiger partial charge is 0.317 e. The van der Waals surface area contributed by atoms with E-state index in [2.05, 4.69) is 187 Å². The van der Waals surface area contributed by atoms with Crippen LogP contribution >= 0.6 is 0 Å². The van der Waals surface area contributed by atoms with Crippen molar-refractivity contribution in [3.63, 3.8) is 0 Å². The minimum Gasteiger partial charge on any atom is -0.317 e. The van der Waals surface area contributed by atoms with Crippen molar-refractivity contribution in [2.75, 3.05) is 13.1 Å². The minimum absolute atomic E-state index is 0.164. The molecule has 0 unspecified atom stereocenters. The lowest BCUT2D eigenvalue weighted by Crippen LogP contribution is -2.19. The van der Waals surface area contributed by atoms with Crippen molar-refractivity contribution in [1.29, 1.82) is 0 Å². The van der Waals surface area contributed by atoms with Gasteiger partial charge in [-0.05, 0) is 102 Å². The van der Waals surface area contributed by atoms with E-state index in [9.17, 15) is 0 Å². The lowest BCUT2D eigenvalue weighted by molar-refractivity contribution is 0.377. The lowest BCUT2D eigenvalue weighted by atomic mass is 9.72. The molecule has 0 bridgehead atoms.